The number of ether oxygens (including phenoxy) is 1. The third-order valence-electron chi connectivity index (χ3n) is 3.46. The van der Waals surface area contributed by atoms with Crippen LogP contribution < -0.4 is 4.74 Å². The van der Waals surface area contributed by atoms with Crippen LogP contribution in [0.3, 0.4) is 0 Å². The van der Waals surface area contributed by atoms with Gasteiger partial charge in [0, 0.05) is 17.8 Å². The Morgan fingerprint density at radius 2 is 2.16 bits per heavy atom. The molecule has 0 aliphatic heterocycles. The van der Waals surface area contributed by atoms with Crippen LogP contribution in [0.25, 0.3) is 11.4 Å². The average molecular weight is 261 g/mol. The van der Waals surface area contributed by atoms with Crippen LogP contribution in [0.15, 0.2) is 22.9 Å². The summed E-state index contributed by atoms with van der Waals surface area (Å²) in [5, 5.41) is 14.3. The molecule has 1 aliphatic carbocycles. The number of pyridine rings is 1. The van der Waals surface area contributed by atoms with Crippen LogP contribution >= 0.6 is 0 Å². The molecule has 2 heterocycles. The third kappa shape index (κ3) is 2.19. The predicted molar refractivity (Wildman–Crippen MR) is 66.4 cm³/mol. The minimum absolute atomic E-state index is 0.302. The van der Waals surface area contributed by atoms with Gasteiger partial charge in [-0.2, -0.15) is 4.98 Å². The Bertz CT molecular complexity index is 576. The maximum absolute atomic E-state index is 10.4. The second-order valence-electron chi connectivity index (χ2n) is 4.75. The van der Waals surface area contributed by atoms with E-state index < -0.39 is 5.60 Å². The summed E-state index contributed by atoms with van der Waals surface area (Å²) in [5.74, 6) is 1.23. The fourth-order valence-corrected chi connectivity index (χ4v) is 2.36. The highest BCUT2D eigenvalue weighted by Gasteiger charge is 2.38. The number of hydrogen-bond acceptors (Lipinski definition) is 6. The van der Waals surface area contributed by atoms with Gasteiger partial charge in [0.1, 0.15) is 5.60 Å². The van der Waals surface area contributed by atoms with Gasteiger partial charge < -0.3 is 14.4 Å². The fraction of sp³-hybridized carbons (Fsp3) is 0.462. The molecule has 0 radical (unpaired) electrons. The highest BCUT2D eigenvalue weighted by Crippen LogP contribution is 2.38. The molecule has 0 bridgehead atoms. The van der Waals surface area contributed by atoms with Crippen LogP contribution in [0, 0.1) is 0 Å². The van der Waals surface area contributed by atoms with Gasteiger partial charge in [-0.05, 0) is 31.7 Å². The topological polar surface area (TPSA) is 81.3 Å². The Hall–Kier alpha value is -1.95. The van der Waals surface area contributed by atoms with Crippen molar-refractivity contribution in [1.29, 1.82) is 0 Å². The van der Waals surface area contributed by atoms with E-state index in [0.717, 1.165) is 18.4 Å². The number of rotatable bonds is 3. The molecule has 0 unspecified atom stereocenters. The van der Waals surface area contributed by atoms with E-state index in [1.54, 1.807) is 25.4 Å². The molecule has 1 fully saturated rings. The van der Waals surface area contributed by atoms with Gasteiger partial charge in [0.25, 0.3) is 5.89 Å². The average Bonchev–Trinajstić information content (AvgIpc) is 3.08. The minimum atomic E-state index is -0.956. The summed E-state index contributed by atoms with van der Waals surface area (Å²) >= 11 is 0. The van der Waals surface area contributed by atoms with Crippen LogP contribution in [0.1, 0.15) is 31.6 Å². The highest BCUT2D eigenvalue weighted by atomic mass is 16.5. The Labute approximate surface area is 110 Å². The van der Waals surface area contributed by atoms with E-state index >= 15 is 0 Å². The molecule has 0 saturated heterocycles. The molecule has 6 heteroatoms. The maximum Gasteiger partial charge on any atom is 0.258 e. The zero-order chi connectivity index (χ0) is 13.3. The van der Waals surface area contributed by atoms with Crippen LogP contribution in [0.4, 0.5) is 0 Å². The van der Waals surface area contributed by atoms with Crippen molar-refractivity contribution < 1.29 is 14.4 Å². The number of methoxy groups -OCH3 is 1. The van der Waals surface area contributed by atoms with Gasteiger partial charge in [-0.25, -0.2) is 4.98 Å². The Morgan fingerprint density at radius 3 is 2.89 bits per heavy atom. The molecule has 0 spiro atoms. The van der Waals surface area contributed by atoms with Crippen molar-refractivity contribution in [2.45, 2.75) is 31.3 Å². The van der Waals surface area contributed by atoms with Crippen LogP contribution in [-0.2, 0) is 5.60 Å². The maximum atomic E-state index is 10.4. The van der Waals surface area contributed by atoms with Crippen molar-refractivity contribution in [3.63, 3.8) is 0 Å². The van der Waals surface area contributed by atoms with Crippen LogP contribution in [-0.4, -0.2) is 27.3 Å². The van der Waals surface area contributed by atoms with Crippen molar-refractivity contribution >= 4 is 0 Å². The van der Waals surface area contributed by atoms with Crippen LogP contribution in [0.2, 0.25) is 0 Å². The number of aliphatic hydroxyl groups is 1. The monoisotopic (exact) mass is 261 g/mol. The number of hydrogen-bond donors (Lipinski definition) is 1. The lowest BCUT2D eigenvalue weighted by Gasteiger charge is -2.15. The lowest BCUT2D eigenvalue weighted by atomic mass is 10.0. The first kappa shape index (κ1) is 12.1. The molecule has 0 amide bonds. The molecule has 6 nitrogen and oxygen atoms in total. The molecule has 2 aromatic heterocycles. The summed E-state index contributed by atoms with van der Waals surface area (Å²) in [6, 6.07) is 3.50. The lowest BCUT2D eigenvalue weighted by molar-refractivity contribution is 0.0112. The first-order chi connectivity index (χ1) is 9.21. The van der Waals surface area contributed by atoms with Gasteiger partial charge in [-0.15, -0.1) is 0 Å². The van der Waals surface area contributed by atoms with Gasteiger partial charge in [-0.3, -0.25) is 0 Å². The molecule has 1 N–H and O–H groups in total. The van der Waals surface area contributed by atoms with E-state index in [1.807, 2.05) is 0 Å². The molecule has 1 saturated carbocycles. The predicted octanol–water partition coefficient (Wildman–Crippen LogP) is 1.90. The van der Waals surface area contributed by atoms with E-state index in [9.17, 15) is 5.11 Å². The van der Waals surface area contributed by atoms with Gasteiger partial charge in [-0.1, -0.05) is 5.16 Å². The van der Waals surface area contributed by atoms with Gasteiger partial charge in [0.15, 0.2) is 0 Å². The van der Waals surface area contributed by atoms with Crippen molar-refractivity contribution in [3.8, 4) is 17.3 Å². The van der Waals surface area contributed by atoms with E-state index in [2.05, 4.69) is 15.1 Å². The Balaban J connectivity index is 1.92. The van der Waals surface area contributed by atoms with E-state index in [4.69, 9.17) is 9.26 Å². The molecule has 1 aliphatic rings. The number of aromatic nitrogens is 3. The van der Waals surface area contributed by atoms with Crippen molar-refractivity contribution in [2.24, 2.45) is 0 Å². The minimum Gasteiger partial charge on any atom is -0.481 e. The normalized spacial score (nSPS) is 17.6. The number of nitrogens with zero attached hydrogens (tertiary/aromatic N) is 3. The molecular weight excluding hydrogens is 246 g/mol. The third-order valence-corrected chi connectivity index (χ3v) is 3.46. The summed E-state index contributed by atoms with van der Waals surface area (Å²) in [6.07, 6.45) is 4.94. The second kappa shape index (κ2) is 4.62. The van der Waals surface area contributed by atoms with Gasteiger partial charge >= 0.3 is 0 Å². The lowest BCUT2D eigenvalue weighted by Crippen LogP contribution is -2.21. The summed E-state index contributed by atoms with van der Waals surface area (Å²) in [5.41, 5.74) is -0.203. The standard InChI is InChI=1S/C13H15N3O3/c1-18-10-8-9(4-7-14-10)11-15-12(19-16-11)13(17)5-2-3-6-13/h4,7-8,17H,2-3,5-6H2,1H3. The smallest absolute Gasteiger partial charge is 0.258 e. The quantitative estimate of drug-likeness (QED) is 0.908. The summed E-state index contributed by atoms with van der Waals surface area (Å²) in [4.78, 5) is 8.32. The van der Waals surface area contributed by atoms with Crippen molar-refractivity contribution in [2.75, 3.05) is 7.11 Å². The zero-order valence-corrected chi connectivity index (χ0v) is 10.7. The SMILES string of the molecule is COc1cc(-c2noc(C3(O)CCCC3)n2)ccn1. The Kier molecular flexibility index (Phi) is 2.94. The van der Waals surface area contributed by atoms with Crippen LogP contribution in [0.5, 0.6) is 5.88 Å². The van der Waals surface area contributed by atoms with E-state index in [0.29, 0.717) is 30.4 Å². The molecule has 3 rings (SSSR count). The summed E-state index contributed by atoms with van der Waals surface area (Å²) in [6.45, 7) is 0. The summed E-state index contributed by atoms with van der Waals surface area (Å²) < 4.78 is 10.3. The summed E-state index contributed by atoms with van der Waals surface area (Å²) in [7, 11) is 1.55. The first-order valence-electron chi connectivity index (χ1n) is 6.28. The zero-order valence-electron chi connectivity index (χ0n) is 10.7. The molecule has 100 valence electrons. The molecule has 2 aromatic rings. The fourth-order valence-electron chi connectivity index (χ4n) is 2.36. The van der Waals surface area contributed by atoms with Crippen molar-refractivity contribution in [3.05, 3.63) is 24.2 Å². The van der Waals surface area contributed by atoms with E-state index in [-0.39, 0.29) is 0 Å². The molecule has 0 aromatic carbocycles. The second-order valence-corrected chi connectivity index (χ2v) is 4.75. The van der Waals surface area contributed by atoms with Crippen molar-refractivity contribution in [1.82, 2.24) is 15.1 Å². The molecule has 19 heavy (non-hydrogen) atoms. The Morgan fingerprint density at radius 1 is 1.37 bits per heavy atom. The van der Waals surface area contributed by atoms with Gasteiger partial charge in [0.2, 0.25) is 11.7 Å². The molecular formula is C13H15N3O3. The van der Waals surface area contributed by atoms with Gasteiger partial charge in [0.05, 0.1) is 7.11 Å². The highest BCUT2D eigenvalue weighted by molar-refractivity contribution is 5.55. The first-order valence-corrected chi connectivity index (χ1v) is 6.28. The largest absolute Gasteiger partial charge is 0.481 e. The molecule has 0 atom stereocenters. The van der Waals surface area contributed by atoms with E-state index in [1.165, 1.54) is 0 Å².